The molecule has 3 fully saturated rings. The molecule has 10 nitrogen and oxygen atoms in total. The molecule has 0 amide bonds. The van der Waals surface area contributed by atoms with Gasteiger partial charge in [-0.15, -0.1) is 0 Å². The number of fused-ring (bicyclic) bond motifs is 1. The molecule has 7 rings (SSSR count). The van der Waals surface area contributed by atoms with Crippen LogP contribution in [0.1, 0.15) is 42.9 Å². The van der Waals surface area contributed by atoms with E-state index in [4.69, 9.17) is 14.7 Å². The molecule has 0 atom stereocenters. The highest BCUT2D eigenvalue weighted by molar-refractivity contribution is 9.10. The maximum absolute atomic E-state index is 10.2. The zero-order chi connectivity index (χ0) is 33.4. The lowest BCUT2D eigenvalue weighted by molar-refractivity contribution is 0.0982. The molecular formula is C36H43BrN9OP. The Morgan fingerprint density at radius 3 is 2.40 bits per heavy atom. The van der Waals surface area contributed by atoms with Crippen LogP contribution in [0.15, 0.2) is 47.1 Å². The van der Waals surface area contributed by atoms with Gasteiger partial charge < -0.3 is 25.2 Å². The molecule has 0 bridgehead atoms. The van der Waals surface area contributed by atoms with Gasteiger partial charge in [0.15, 0.2) is 0 Å². The summed E-state index contributed by atoms with van der Waals surface area (Å²) in [5.41, 5.74) is 5.42. The number of nitrogens with zero attached hydrogens (tertiary/aromatic N) is 7. The number of aromatic nitrogens is 3. The average Bonchev–Trinajstić information content (AvgIpc) is 3.95. The van der Waals surface area contributed by atoms with E-state index in [2.05, 4.69) is 97.0 Å². The number of halogens is 1. The molecular weight excluding hydrogens is 685 g/mol. The van der Waals surface area contributed by atoms with Crippen LogP contribution in [-0.4, -0.2) is 97.5 Å². The Bertz CT molecular complexity index is 1840. The Morgan fingerprint density at radius 2 is 1.71 bits per heavy atom. The highest BCUT2D eigenvalue weighted by atomic mass is 79.9. The fraction of sp³-hybridized carbons (Fsp3) is 0.444. The van der Waals surface area contributed by atoms with Crippen molar-refractivity contribution in [2.45, 2.75) is 37.6 Å². The first kappa shape index (κ1) is 33.0. The molecule has 12 heteroatoms. The topological polar surface area (TPSA) is 105 Å². The summed E-state index contributed by atoms with van der Waals surface area (Å²) in [6, 6.07) is 15.5. The lowest BCUT2D eigenvalue weighted by atomic mass is 10.0. The molecule has 250 valence electrons. The zero-order valence-corrected chi connectivity index (χ0v) is 30.6. The van der Waals surface area contributed by atoms with Crippen LogP contribution in [0.2, 0.25) is 0 Å². The molecule has 3 aliphatic rings. The van der Waals surface area contributed by atoms with Gasteiger partial charge in [0.05, 0.1) is 34.0 Å². The van der Waals surface area contributed by atoms with E-state index in [1.807, 2.05) is 12.1 Å². The number of hydrogen-bond acceptors (Lipinski definition) is 10. The molecule has 2 aliphatic heterocycles. The van der Waals surface area contributed by atoms with Crippen molar-refractivity contribution < 1.29 is 4.74 Å². The van der Waals surface area contributed by atoms with Crippen molar-refractivity contribution in [2.75, 3.05) is 82.3 Å². The molecule has 0 radical (unpaired) electrons. The smallest absolute Gasteiger partial charge is 0.229 e. The van der Waals surface area contributed by atoms with Crippen LogP contribution in [0.5, 0.6) is 5.75 Å². The van der Waals surface area contributed by atoms with E-state index in [1.54, 1.807) is 13.3 Å². The average molecular weight is 729 g/mol. The number of piperazine rings is 1. The molecule has 0 unspecified atom stereocenters. The molecule has 48 heavy (non-hydrogen) atoms. The number of anilines is 5. The second-order valence-corrected chi connectivity index (χ2v) is 16.4. The van der Waals surface area contributed by atoms with Gasteiger partial charge in [-0.25, -0.2) is 4.98 Å². The van der Waals surface area contributed by atoms with Crippen molar-refractivity contribution in [3.8, 4) is 11.8 Å². The van der Waals surface area contributed by atoms with Crippen molar-refractivity contribution in [3.05, 3.63) is 58.3 Å². The predicted octanol–water partition coefficient (Wildman–Crippen LogP) is 6.62. The monoisotopic (exact) mass is 727 g/mol. The Kier molecular flexibility index (Phi) is 9.70. The van der Waals surface area contributed by atoms with Gasteiger partial charge >= 0.3 is 0 Å². The highest BCUT2D eigenvalue weighted by Gasteiger charge is 2.29. The Hall–Kier alpha value is -3.55. The van der Waals surface area contributed by atoms with Crippen LogP contribution in [-0.2, 0) is 0 Å². The first-order chi connectivity index (χ1) is 23.3. The quantitative estimate of drug-likeness (QED) is 0.183. The number of nitriles is 1. The fourth-order valence-corrected chi connectivity index (χ4v) is 8.58. The molecule has 2 aromatic carbocycles. The largest absolute Gasteiger partial charge is 0.494 e. The van der Waals surface area contributed by atoms with Crippen LogP contribution >= 0.6 is 23.9 Å². The number of piperidine rings is 1. The van der Waals surface area contributed by atoms with Gasteiger partial charge in [0.2, 0.25) is 5.95 Å². The standard InChI is InChI=1S/C36H43BrN9OP/c1-44-15-17-45(18-16-44)25-11-13-46(14-12-25)32-20-33(47-2)31(19-24(32)21-38)42-36-39-22-27(37)35(43-36)41-30-10-9-29-26(34(30)48(3)4)7-8-28(40-29)23-5-6-23/h7-10,19-20,22-23,25H,5-6,11-18H2,1-4H3,(H2,39,41,42,43). The van der Waals surface area contributed by atoms with Crippen molar-refractivity contribution in [2.24, 2.45) is 0 Å². The number of hydrogen-bond donors (Lipinski definition) is 2. The maximum atomic E-state index is 10.2. The molecule has 4 heterocycles. The summed E-state index contributed by atoms with van der Waals surface area (Å²) in [5, 5.41) is 19.6. The Balaban J connectivity index is 1.10. The molecule has 2 aromatic heterocycles. The second kappa shape index (κ2) is 14.1. The van der Waals surface area contributed by atoms with Crippen molar-refractivity contribution in [1.82, 2.24) is 24.8 Å². The summed E-state index contributed by atoms with van der Waals surface area (Å²) in [5.74, 6) is 2.31. The lowest BCUT2D eigenvalue weighted by Gasteiger charge is -2.42. The first-order valence-electron chi connectivity index (χ1n) is 16.8. The normalized spacial score (nSPS) is 17.9. The number of ether oxygens (including phenoxy) is 1. The highest BCUT2D eigenvalue weighted by Crippen LogP contribution is 2.41. The van der Waals surface area contributed by atoms with Crippen LogP contribution in [0.4, 0.5) is 28.8 Å². The minimum atomic E-state index is -0.440. The van der Waals surface area contributed by atoms with Crippen LogP contribution in [0, 0.1) is 11.3 Å². The minimum absolute atomic E-state index is 0.400. The fourth-order valence-electron chi connectivity index (χ4n) is 7.00. The third-order valence-corrected chi connectivity index (χ3v) is 11.8. The van der Waals surface area contributed by atoms with Crippen LogP contribution < -0.4 is 25.6 Å². The van der Waals surface area contributed by atoms with Gasteiger partial charge in [0, 0.05) is 85.6 Å². The number of methoxy groups -OCH3 is 1. The van der Waals surface area contributed by atoms with E-state index in [9.17, 15) is 5.26 Å². The second-order valence-electron chi connectivity index (χ2n) is 13.3. The zero-order valence-electron chi connectivity index (χ0n) is 28.1. The van der Waals surface area contributed by atoms with Crippen molar-refractivity contribution in [3.63, 3.8) is 0 Å². The van der Waals surface area contributed by atoms with E-state index >= 15 is 0 Å². The lowest BCUT2D eigenvalue weighted by Crippen LogP contribution is -2.52. The Labute approximate surface area is 292 Å². The van der Waals surface area contributed by atoms with Crippen molar-refractivity contribution >= 4 is 68.9 Å². The van der Waals surface area contributed by atoms with Gasteiger partial charge in [0.1, 0.15) is 17.6 Å². The van der Waals surface area contributed by atoms with E-state index in [0.29, 0.717) is 40.7 Å². The molecule has 4 aromatic rings. The first-order valence-corrected chi connectivity index (χ1v) is 19.8. The Morgan fingerprint density at radius 1 is 0.938 bits per heavy atom. The van der Waals surface area contributed by atoms with Gasteiger partial charge in [0.25, 0.3) is 0 Å². The summed E-state index contributed by atoms with van der Waals surface area (Å²) in [6.45, 7) is 10.9. The van der Waals surface area contributed by atoms with Gasteiger partial charge in [-0.3, -0.25) is 9.88 Å². The number of benzene rings is 2. The van der Waals surface area contributed by atoms with Crippen LogP contribution in [0.25, 0.3) is 10.9 Å². The van der Waals surface area contributed by atoms with E-state index < -0.39 is 7.92 Å². The molecule has 1 saturated carbocycles. The molecule has 0 spiro atoms. The van der Waals surface area contributed by atoms with Gasteiger partial charge in [-0.1, -0.05) is 14.0 Å². The predicted molar refractivity (Wildman–Crippen MR) is 200 cm³/mol. The summed E-state index contributed by atoms with van der Waals surface area (Å²) >= 11 is 3.65. The van der Waals surface area contributed by atoms with Gasteiger partial charge in [-0.2, -0.15) is 10.2 Å². The SMILES string of the molecule is COc1cc(N2CCC(N3CCN(C)CC3)CC2)c(C#N)cc1Nc1ncc(Br)c(Nc2ccc3nc(C4CC4)ccc3c2P(C)C)n1. The molecule has 2 N–H and O–H groups in total. The number of likely N-dealkylation sites (N-methyl/N-ethyl adjacent to an activating group) is 1. The van der Waals surface area contributed by atoms with Gasteiger partial charge in [-0.05, 0) is 86.3 Å². The summed E-state index contributed by atoms with van der Waals surface area (Å²) in [6.07, 6.45) is 6.39. The van der Waals surface area contributed by atoms with Crippen molar-refractivity contribution in [1.29, 1.82) is 5.26 Å². The summed E-state index contributed by atoms with van der Waals surface area (Å²) < 4.78 is 6.59. The van der Waals surface area contributed by atoms with E-state index in [0.717, 1.165) is 73.5 Å². The van der Waals surface area contributed by atoms with E-state index in [-0.39, 0.29) is 0 Å². The maximum Gasteiger partial charge on any atom is 0.229 e. The third-order valence-electron chi connectivity index (χ3n) is 9.85. The summed E-state index contributed by atoms with van der Waals surface area (Å²) in [4.78, 5) is 21.8. The minimum Gasteiger partial charge on any atom is -0.494 e. The number of nitrogens with one attached hydrogen (secondary N) is 2. The number of pyridine rings is 1. The molecule has 2 saturated heterocycles. The van der Waals surface area contributed by atoms with E-state index in [1.165, 1.54) is 29.2 Å². The third kappa shape index (κ3) is 6.95. The molecule has 1 aliphatic carbocycles. The number of rotatable bonds is 9. The summed E-state index contributed by atoms with van der Waals surface area (Å²) in [7, 11) is 3.41. The van der Waals surface area contributed by atoms with Crippen LogP contribution in [0.3, 0.4) is 0 Å².